The number of thioether (sulfide) groups is 1. The van der Waals surface area contributed by atoms with E-state index in [1.807, 2.05) is 0 Å². The van der Waals surface area contributed by atoms with Crippen molar-refractivity contribution in [2.75, 3.05) is 17.7 Å². The van der Waals surface area contributed by atoms with Crippen LogP contribution in [-0.2, 0) is 20.7 Å². The predicted octanol–water partition coefficient (Wildman–Crippen LogP) is 1.37. The van der Waals surface area contributed by atoms with Crippen LogP contribution >= 0.6 is 23.1 Å². The highest BCUT2D eigenvalue weighted by atomic mass is 32.2. The summed E-state index contributed by atoms with van der Waals surface area (Å²) in [7, 11) is 0. The Bertz CT molecular complexity index is 787. The Morgan fingerprint density at radius 1 is 1.46 bits per heavy atom. The van der Waals surface area contributed by atoms with Crippen LogP contribution in [0.4, 0.5) is 5.13 Å². The number of esters is 1. The Balaban J connectivity index is 1.86. The Morgan fingerprint density at radius 2 is 2.25 bits per heavy atom. The second-order valence-electron chi connectivity index (χ2n) is 4.66. The van der Waals surface area contributed by atoms with Gasteiger partial charge in [0, 0.05) is 11.6 Å². The molecule has 2 aromatic heterocycles. The highest BCUT2D eigenvalue weighted by Gasteiger charge is 2.11. The number of aromatic amines is 1. The van der Waals surface area contributed by atoms with Crippen molar-refractivity contribution in [3.05, 3.63) is 33.3 Å². The lowest BCUT2D eigenvalue weighted by Crippen LogP contribution is -2.16. The van der Waals surface area contributed by atoms with Gasteiger partial charge in [0.15, 0.2) is 5.13 Å². The molecule has 10 heteroatoms. The summed E-state index contributed by atoms with van der Waals surface area (Å²) in [6, 6.07) is 0. The molecule has 1 amide bonds. The molecule has 2 N–H and O–H groups in total. The largest absolute Gasteiger partial charge is 0.466 e. The molecule has 0 saturated carbocycles. The Hall–Kier alpha value is -2.20. The number of aromatic nitrogens is 3. The van der Waals surface area contributed by atoms with Crippen molar-refractivity contribution < 1.29 is 14.3 Å². The van der Waals surface area contributed by atoms with E-state index in [0.29, 0.717) is 22.5 Å². The SMILES string of the molecule is CCOC(=O)Cc1csc(NC(=O)CSc2[nH]c(=O)ncc2C)n1. The summed E-state index contributed by atoms with van der Waals surface area (Å²) in [4.78, 5) is 44.9. The van der Waals surface area contributed by atoms with Crippen molar-refractivity contribution in [1.29, 1.82) is 0 Å². The van der Waals surface area contributed by atoms with Gasteiger partial charge in [0.05, 0.1) is 29.5 Å². The third kappa shape index (κ3) is 5.46. The van der Waals surface area contributed by atoms with E-state index in [4.69, 9.17) is 4.74 Å². The van der Waals surface area contributed by atoms with Gasteiger partial charge in [-0.2, -0.15) is 0 Å². The molecule has 2 heterocycles. The lowest BCUT2D eigenvalue weighted by atomic mass is 10.3. The highest BCUT2D eigenvalue weighted by Crippen LogP contribution is 2.19. The summed E-state index contributed by atoms with van der Waals surface area (Å²) in [5, 5.41) is 5.38. The lowest BCUT2D eigenvalue weighted by Gasteiger charge is -2.04. The summed E-state index contributed by atoms with van der Waals surface area (Å²) >= 11 is 2.45. The van der Waals surface area contributed by atoms with Crippen LogP contribution < -0.4 is 11.0 Å². The molecule has 0 saturated heterocycles. The molecule has 0 aliphatic heterocycles. The van der Waals surface area contributed by atoms with Gasteiger partial charge >= 0.3 is 11.7 Å². The topological polar surface area (TPSA) is 114 Å². The number of aryl methyl sites for hydroxylation is 1. The van der Waals surface area contributed by atoms with Crippen LogP contribution in [0.1, 0.15) is 18.2 Å². The first-order chi connectivity index (χ1) is 11.5. The van der Waals surface area contributed by atoms with Crippen molar-refractivity contribution in [1.82, 2.24) is 15.0 Å². The van der Waals surface area contributed by atoms with Crippen molar-refractivity contribution in [3.8, 4) is 0 Å². The third-order valence-corrected chi connectivity index (χ3v) is 4.66. The highest BCUT2D eigenvalue weighted by molar-refractivity contribution is 8.00. The van der Waals surface area contributed by atoms with E-state index in [1.165, 1.54) is 29.3 Å². The number of thiazole rings is 1. The van der Waals surface area contributed by atoms with Gasteiger partial charge in [-0.05, 0) is 19.4 Å². The van der Waals surface area contributed by atoms with E-state index in [-0.39, 0.29) is 24.1 Å². The first kappa shape index (κ1) is 18.1. The second-order valence-corrected chi connectivity index (χ2v) is 6.51. The van der Waals surface area contributed by atoms with E-state index in [9.17, 15) is 14.4 Å². The van der Waals surface area contributed by atoms with Gasteiger partial charge in [-0.1, -0.05) is 11.8 Å². The predicted molar refractivity (Wildman–Crippen MR) is 91.4 cm³/mol. The number of anilines is 1. The number of nitrogens with zero attached hydrogens (tertiary/aromatic N) is 2. The number of H-pyrrole nitrogens is 1. The molecule has 2 rings (SSSR count). The Labute approximate surface area is 146 Å². The minimum Gasteiger partial charge on any atom is -0.466 e. The molecule has 0 fully saturated rings. The van der Waals surface area contributed by atoms with Crippen LogP contribution in [0.25, 0.3) is 0 Å². The molecule has 24 heavy (non-hydrogen) atoms. The van der Waals surface area contributed by atoms with Crippen molar-refractivity contribution in [3.63, 3.8) is 0 Å². The van der Waals surface area contributed by atoms with Crippen LogP contribution in [0, 0.1) is 6.92 Å². The standard InChI is InChI=1S/C14H16N4O4S2/c1-3-22-11(20)4-9-6-24-14(16-9)17-10(19)7-23-12-8(2)5-15-13(21)18-12/h5-6H,3-4,7H2,1-2H3,(H,15,18,21)(H,16,17,19). The third-order valence-electron chi connectivity index (χ3n) is 2.73. The average molecular weight is 368 g/mol. The molecule has 0 spiro atoms. The Kier molecular flexibility index (Phi) is 6.50. The van der Waals surface area contributed by atoms with Gasteiger partial charge in [0.25, 0.3) is 0 Å². The number of amides is 1. The minimum atomic E-state index is -0.452. The normalized spacial score (nSPS) is 10.4. The molecule has 0 aromatic carbocycles. The fraction of sp³-hybridized carbons (Fsp3) is 0.357. The Morgan fingerprint density at radius 3 is 3.00 bits per heavy atom. The van der Waals surface area contributed by atoms with Gasteiger partial charge in [0.2, 0.25) is 5.91 Å². The summed E-state index contributed by atoms with van der Waals surface area (Å²) in [6.45, 7) is 3.85. The quantitative estimate of drug-likeness (QED) is 0.431. The molecule has 8 nitrogen and oxygen atoms in total. The number of rotatable bonds is 7. The van der Waals surface area contributed by atoms with E-state index in [2.05, 4.69) is 20.3 Å². The monoisotopic (exact) mass is 368 g/mol. The fourth-order valence-corrected chi connectivity index (χ4v) is 3.20. The van der Waals surface area contributed by atoms with Crippen LogP contribution in [-0.4, -0.2) is 39.2 Å². The molecule has 0 aliphatic rings. The molecular formula is C14H16N4O4S2. The van der Waals surface area contributed by atoms with Gasteiger partial charge in [-0.25, -0.2) is 14.8 Å². The van der Waals surface area contributed by atoms with Gasteiger partial charge < -0.3 is 15.0 Å². The lowest BCUT2D eigenvalue weighted by molar-refractivity contribution is -0.142. The molecular weight excluding hydrogens is 352 g/mol. The molecule has 2 aromatic rings. The summed E-state index contributed by atoms with van der Waals surface area (Å²) in [5.41, 5.74) is 0.890. The van der Waals surface area contributed by atoms with Gasteiger partial charge in [-0.3, -0.25) is 9.59 Å². The first-order valence-corrected chi connectivity index (χ1v) is 8.93. The van der Waals surface area contributed by atoms with Crippen LogP contribution in [0.2, 0.25) is 0 Å². The molecule has 0 atom stereocenters. The van der Waals surface area contributed by atoms with E-state index in [0.717, 1.165) is 5.56 Å². The van der Waals surface area contributed by atoms with Gasteiger partial charge in [0.1, 0.15) is 0 Å². The average Bonchev–Trinajstić information content (AvgIpc) is 2.95. The van der Waals surface area contributed by atoms with E-state index >= 15 is 0 Å². The maximum atomic E-state index is 12.0. The number of hydrogen-bond donors (Lipinski definition) is 2. The number of carbonyl (C=O) groups excluding carboxylic acids is 2. The zero-order valence-corrected chi connectivity index (χ0v) is 14.8. The number of nitrogens with one attached hydrogen (secondary N) is 2. The van der Waals surface area contributed by atoms with Crippen molar-refractivity contribution in [2.45, 2.75) is 25.3 Å². The van der Waals surface area contributed by atoms with E-state index < -0.39 is 5.69 Å². The minimum absolute atomic E-state index is 0.0758. The van der Waals surface area contributed by atoms with Crippen molar-refractivity contribution in [2.24, 2.45) is 0 Å². The first-order valence-electron chi connectivity index (χ1n) is 7.06. The molecule has 0 unspecified atom stereocenters. The molecule has 128 valence electrons. The number of ether oxygens (including phenoxy) is 1. The van der Waals surface area contributed by atoms with Crippen LogP contribution in [0.5, 0.6) is 0 Å². The van der Waals surface area contributed by atoms with Crippen molar-refractivity contribution >= 4 is 40.1 Å². The van der Waals surface area contributed by atoms with Gasteiger partial charge in [-0.15, -0.1) is 11.3 Å². The smallest absolute Gasteiger partial charge is 0.345 e. The zero-order chi connectivity index (χ0) is 17.5. The molecule has 0 bridgehead atoms. The zero-order valence-electron chi connectivity index (χ0n) is 13.1. The fourth-order valence-electron chi connectivity index (χ4n) is 1.69. The molecule has 0 aliphatic carbocycles. The number of carbonyl (C=O) groups is 2. The summed E-state index contributed by atoms with van der Waals surface area (Å²) < 4.78 is 4.85. The maximum Gasteiger partial charge on any atom is 0.345 e. The van der Waals surface area contributed by atoms with Crippen LogP contribution in [0.15, 0.2) is 21.4 Å². The maximum absolute atomic E-state index is 12.0. The molecule has 0 radical (unpaired) electrons. The van der Waals surface area contributed by atoms with E-state index in [1.54, 1.807) is 19.2 Å². The summed E-state index contributed by atoms with van der Waals surface area (Å²) in [5.74, 6) is -0.490. The number of hydrogen-bond acceptors (Lipinski definition) is 8. The second kappa shape index (κ2) is 8.60. The summed E-state index contributed by atoms with van der Waals surface area (Å²) in [6.07, 6.45) is 1.54. The van der Waals surface area contributed by atoms with Crippen LogP contribution in [0.3, 0.4) is 0 Å².